The van der Waals surface area contributed by atoms with Gasteiger partial charge in [0.15, 0.2) is 17.5 Å². The fraction of sp³-hybridized carbons (Fsp3) is 0. The Bertz CT molecular complexity index is 3900. The first kappa shape index (κ1) is 35.2. The Kier molecular flexibility index (Phi) is 7.80. The number of nitrogens with zero attached hydrogens (tertiary/aromatic N) is 5. The van der Waals surface area contributed by atoms with E-state index in [-0.39, 0.29) is 0 Å². The van der Waals surface area contributed by atoms with Gasteiger partial charge in [-0.25, -0.2) is 15.0 Å². The summed E-state index contributed by atoms with van der Waals surface area (Å²) in [4.78, 5) is 15.5. The Hall–Kier alpha value is -8.61. The molecule has 6 nitrogen and oxygen atoms in total. The molecule has 9 aromatic carbocycles. The highest BCUT2D eigenvalue weighted by atomic mass is 16.3. The average Bonchev–Trinajstić information content (AvgIpc) is 4.02. The summed E-state index contributed by atoms with van der Waals surface area (Å²) >= 11 is 0. The van der Waals surface area contributed by atoms with Gasteiger partial charge in [0.2, 0.25) is 0 Å². The quantitative estimate of drug-likeness (QED) is 0.168. The zero-order valence-electron chi connectivity index (χ0n) is 33.9. The number of furan rings is 1. The summed E-state index contributed by atoms with van der Waals surface area (Å²) in [5.74, 6) is 1.76. The second-order valence-electron chi connectivity index (χ2n) is 16.0. The van der Waals surface area contributed by atoms with Gasteiger partial charge in [-0.05, 0) is 60.2 Å². The van der Waals surface area contributed by atoms with Gasteiger partial charge >= 0.3 is 0 Å². The first-order valence-electron chi connectivity index (χ1n) is 21.2. The van der Waals surface area contributed by atoms with E-state index in [9.17, 15) is 0 Å². The lowest BCUT2D eigenvalue weighted by Crippen LogP contribution is -2.01. The fourth-order valence-corrected chi connectivity index (χ4v) is 9.55. The fourth-order valence-electron chi connectivity index (χ4n) is 9.55. The molecule has 4 heterocycles. The number of benzene rings is 9. The van der Waals surface area contributed by atoms with Crippen LogP contribution in [0.5, 0.6) is 0 Å². The Morgan fingerprint density at radius 2 is 0.889 bits per heavy atom. The van der Waals surface area contributed by atoms with Gasteiger partial charge in [0.25, 0.3) is 0 Å². The van der Waals surface area contributed by atoms with Gasteiger partial charge in [-0.3, -0.25) is 0 Å². The van der Waals surface area contributed by atoms with Crippen molar-refractivity contribution in [2.45, 2.75) is 0 Å². The van der Waals surface area contributed by atoms with Gasteiger partial charge in [0, 0.05) is 65.9 Å². The molecule has 0 aliphatic heterocycles. The molecule has 4 aromatic heterocycles. The normalized spacial score (nSPS) is 11.8. The van der Waals surface area contributed by atoms with Gasteiger partial charge in [-0.1, -0.05) is 158 Å². The van der Waals surface area contributed by atoms with Crippen molar-refractivity contribution >= 4 is 65.6 Å². The average molecular weight is 806 g/mol. The third kappa shape index (κ3) is 5.55. The molecule has 63 heavy (non-hydrogen) atoms. The van der Waals surface area contributed by atoms with Crippen LogP contribution in [0.15, 0.2) is 217 Å². The van der Waals surface area contributed by atoms with Crippen molar-refractivity contribution in [1.29, 1.82) is 0 Å². The van der Waals surface area contributed by atoms with Gasteiger partial charge in [-0.2, -0.15) is 0 Å². The lowest BCUT2D eigenvalue weighted by Gasteiger charge is -2.12. The van der Waals surface area contributed by atoms with E-state index in [1.54, 1.807) is 0 Å². The van der Waals surface area contributed by atoms with Crippen molar-refractivity contribution in [3.8, 4) is 56.7 Å². The highest BCUT2D eigenvalue weighted by molar-refractivity contribution is 6.26. The number of rotatable bonds is 6. The zero-order chi connectivity index (χ0) is 41.4. The van der Waals surface area contributed by atoms with Crippen LogP contribution in [0, 0.1) is 0 Å². The highest BCUT2D eigenvalue weighted by Gasteiger charge is 2.22. The van der Waals surface area contributed by atoms with Crippen LogP contribution in [-0.4, -0.2) is 24.1 Å². The summed E-state index contributed by atoms with van der Waals surface area (Å²) in [6.07, 6.45) is 0. The van der Waals surface area contributed by atoms with Crippen LogP contribution in [0.2, 0.25) is 0 Å². The third-order valence-corrected chi connectivity index (χ3v) is 12.4. The topological polar surface area (TPSA) is 61.7 Å². The molecule has 0 saturated carbocycles. The molecule has 13 aromatic rings. The van der Waals surface area contributed by atoms with Crippen LogP contribution < -0.4 is 0 Å². The van der Waals surface area contributed by atoms with Crippen molar-refractivity contribution in [2.24, 2.45) is 0 Å². The Balaban J connectivity index is 1.01. The molecule has 13 rings (SSSR count). The van der Waals surface area contributed by atoms with E-state index in [1.165, 1.54) is 27.1 Å². The molecule has 0 amide bonds. The molecule has 0 bridgehead atoms. The van der Waals surface area contributed by atoms with Crippen LogP contribution in [0.25, 0.3) is 122 Å². The molecule has 6 heteroatoms. The van der Waals surface area contributed by atoms with Gasteiger partial charge in [0.1, 0.15) is 11.2 Å². The molecule has 0 radical (unpaired) electrons. The molecule has 0 N–H and O–H groups in total. The maximum absolute atomic E-state index is 6.67. The first-order chi connectivity index (χ1) is 31.2. The molecule has 0 aliphatic carbocycles. The predicted octanol–water partition coefficient (Wildman–Crippen LogP) is 14.6. The van der Waals surface area contributed by atoms with E-state index in [1.807, 2.05) is 36.4 Å². The number of fused-ring (bicyclic) bond motifs is 10. The van der Waals surface area contributed by atoms with Crippen molar-refractivity contribution in [3.05, 3.63) is 212 Å². The molecule has 0 unspecified atom stereocenters. The number of hydrogen-bond acceptors (Lipinski definition) is 4. The number of aromatic nitrogens is 5. The highest BCUT2D eigenvalue weighted by Crippen LogP contribution is 2.43. The number of para-hydroxylation sites is 4. The SMILES string of the molecule is c1ccc(-c2nc(-c3cccc(-n4c5ccccc5c5ccc6c(c7ccccc7n6-c6ccccc6)c54)c3)nc(-c3ccc4c(c3)oc3c(-c5ccccc5)cccc34)n2)cc1. The van der Waals surface area contributed by atoms with Gasteiger partial charge in [-0.15, -0.1) is 0 Å². The molecule has 0 aliphatic rings. The standard InChI is InChI=1S/C57H35N5O/c1-4-16-36(17-5-1)42-26-15-27-46-44-31-30-39(35-51(44)63-54(42)46)57-59-55(37-18-6-2-7-19-37)58-56(60-57)38-20-14-23-41(34-38)62-48-28-12-10-24-43(48)45-32-33-50-52(53(45)62)47-25-11-13-29-49(47)61(50)40-21-8-3-9-22-40/h1-35H. The van der Waals surface area contributed by atoms with Crippen molar-refractivity contribution < 1.29 is 4.42 Å². The lowest BCUT2D eigenvalue weighted by atomic mass is 10.0. The Labute approximate surface area is 361 Å². The minimum absolute atomic E-state index is 0.571. The third-order valence-electron chi connectivity index (χ3n) is 12.4. The van der Waals surface area contributed by atoms with Gasteiger partial charge in [0.05, 0.1) is 22.1 Å². The zero-order valence-corrected chi connectivity index (χ0v) is 33.9. The first-order valence-corrected chi connectivity index (χ1v) is 21.2. The van der Waals surface area contributed by atoms with Crippen molar-refractivity contribution in [3.63, 3.8) is 0 Å². The smallest absolute Gasteiger partial charge is 0.164 e. The monoisotopic (exact) mass is 805 g/mol. The summed E-state index contributed by atoms with van der Waals surface area (Å²) in [5, 5.41) is 6.92. The number of hydrogen-bond donors (Lipinski definition) is 0. The van der Waals surface area contributed by atoms with Crippen LogP contribution >= 0.6 is 0 Å². The summed E-state index contributed by atoms with van der Waals surface area (Å²) < 4.78 is 11.5. The van der Waals surface area contributed by atoms with Crippen LogP contribution in [0.4, 0.5) is 0 Å². The van der Waals surface area contributed by atoms with E-state index in [0.717, 1.165) is 77.7 Å². The van der Waals surface area contributed by atoms with E-state index >= 15 is 0 Å². The van der Waals surface area contributed by atoms with E-state index in [0.29, 0.717) is 17.5 Å². The Morgan fingerprint density at radius 3 is 1.65 bits per heavy atom. The molecule has 0 saturated heterocycles. The van der Waals surface area contributed by atoms with Crippen LogP contribution in [0.1, 0.15) is 0 Å². The van der Waals surface area contributed by atoms with E-state index in [4.69, 9.17) is 19.4 Å². The van der Waals surface area contributed by atoms with Crippen molar-refractivity contribution in [2.75, 3.05) is 0 Å². The van der Waals surface area contributed by atoms with Crippen LogP contribution in [-0.2, 0) is 0 Å². The molecular weight excluding hydrogens is 771 g/mol. The van der Waals surface area contributed by atoms with Crippen LogP contribution in [0.3, 0.4) is 0 Å². The lowest BCUT2D eigenvalue weighted by molar-refractivity contribution is 0.670. The summed E-state index contributed by atoms with van der Waals surface area (Å²) in [5.41, 5.74) is 13.2. The molecule has 0 spiro atoms. The summed E-state index contributed by atoms with van der Waals surface area (Å²) in [6.45, 7) is 0. The molecular formula is C57H35N5O. The van der Waals surface area contributed by atoms with Gasteiger partial charge < -0.3 is 13.6 Å². The second kappa shape index (κ2) is 14.0. The maximum atomic E-state index is 6.67. The second-order valence-corrected chi connectivity index (χ2v) is 16.0. The van der Waals surface area contributed by atoms with Crippen molar-refractivity contribution in [1.82, 2.24) is 24.1 Å². The Morgan fingerprint density at radius 1 is 0.333 bits per heavy atom. The minimum Gasteiger partial charge on any atom is -0.455 e. The maximum Gasteiger partial charge on any atom is 0.164 e. The van der Waals surface area contributed by atoms with E-state index < -0.39 is 0 Å². The molecule has 0 fully saturated rings. The molecule has 294 valence electrons. The van der Waals surface area contributed by atoms with E-state index in [2.05, 4.69) is 185 Å². The molecule has 0 atom stereocenters. The predicted molar refractivity (Wildman–Crippen MR) is 258 cm³/mol. The largest absolute Gasteiger partial charge is 0.455 e. The summed E-state index contributed by atoms with van der Waals surface area (Å²) in [6, 6.07) is 74.3. The summed E-state index contributed by atoms with van der Waals surface area (Å²) in [7, 11) is 0. The minimum atomic E-state index is 0.571.